The molecule has 1 fully saturated rings. The zero-order chi connectivity index (χ0) is 12.4. The summed E-state index contributed by atoms with van der Waals surface area (Å²) >= 11 is 0. The standard InChI is InChI=1S/C13H22N4/c1-9-5-10(2)7-17(6-9)13-11(3)12(14-4)15-8-16-13/h8-10H,5-7H2,1-4H3,(H,14,15,16). The average molecular weight is 234 g/mol. The zero-order valence-electron chi connectivity index (χ0n) is 11.2. The molecule has 2 unspecified atom stereocenters. The van der Waals surface area contributed by atoms with E-state index in [-0.39, 0.29) is 0 Å². The van der Waals surface area contributed by atoms with Crippen LogP contribution in [0, 0.1) is 18.8 Å². The quantitative estimate of drug-likeness (QED) is 0.852. The van der Waals surface area contributed by atoms with Crippen LogP contribution >= 0.6 is 0 Å². The summed E-state index contributed by atoms with van der Waals surface area (Å²) in [6, 6.07) is 0. The number of hydrogen-bond acceptors (Lipinski definition) is 4. The topological polar surface area (TPSA) is 41.1 Å². The number of rotatable bonds is 2. The molecule has 2 rings (SSSR count). The fourth-order valence-electron chi connectivity index (χ4n) is 2.85. The maximum Gasteiger partial charge on any atom is 0.137 e. The van der Waals surface area contributed by atoms with E-state index in [1.54, 1.807) is 6.33 Å². The van der Waals surface area contributed by atoms with Gasteiger partial charge < -0.3 is 10.2 Å². The van der Waals surface area contributed by atoms with Gasteiger partial charge in [0.1, 0.15) is 18.0 Å². The van der Waals surface area contributed by atoms with Gasteiger partial charge in [-0.3, -0.25) is 0 Å². The van der Waals surface area contributed by atoms with Gasteiger partial charge in [0.15, 0.2) is 0 Å². The molecule has 4 nitrogen and oxygen atoms in total. The molecule has 1 aromatic rings. The van der Waals surface area contributed by atoms with Crippen LogP contribution in [0.4, 0.5) is 11.6 Å². The van der Waals surface area contributed by atoms with Crippen LogP contribution in [-0.2, 0) is 0 Å². The minimum absolute atomic E-state index is 0.742. The van der Waals surface area contributed by atoms with E-state index in [4.69, 9.17) is 0 Å². The molecule has 0 radical (unpaired) electrons. The van der Waals surface area contributed by atoms with Gasteiger partial charge in [-0.2, -0.15) is 0 Å². The monoisotopic (exact) mass is 234 g/mol. The summed E-state index contributed by atoms with van der Waals surface area (Å²) in [6.45, 7) is 8.93. The Morgan fingerprint density at radius 3 is 2.47 bits per heavy atom. The van der Waals surface area contributed by atoms with Gasteiger partial charge in [-0.15, -0.1) is 0 Å². The largest absolute Gasteiger partial charge is 0.373 e. The van der Waals surface area contributed by atoms with E-state index in [1.165, 1.54) is 6.42 Å². The Morgan fingerprint density at radius 2 is 1.88 bits per heavy atom. The van der Waals surface area contributed by atoms with Gasteiger partial charge in [-0.05, 0) is 25.2 Å². The Balaban J connectivity index is 2.27. The second-order valence-electron chi connectivity index (χ2n) is 5.27. The van der Waals surface area contributed by atoms with Crippen LogP contribution in [0.3, 0.4) is 0 Å². The fourth-order valence-corrected chi connectivity index (χ4v) is 2.85. The highest BCUT2D eigenvalue weighted by atomic mass is 15.2. The number of hydrogen-bond donors (Lipinski definition) is 1. The number of nitrogens with one attached hydrogen (secondary N) is 1. The van der Waals surface area contributed by atoms with Crippen LogP contribution < -0.4 is 10.2 Å². The Labute approximate surface area is 103 Å². The lowest BCUT2D eigenvalue weighted by Crippen LogP contribution is -2.39. The van der Waals surface area contributed by atoms with Gasteiger partial charge in [-0.25, -0.2) is 9.97 Å². The number of nitrogens with zero attached hydrogens (tertiary/aromatic N) is 3. The molecule has 17 heavy (non-hydrogen) atoms. The molecule has 1 aromatic heterocycles. The van der Waals surface area contributed by atoms with Crippen LogP contribution in [0.2, 0.25) is 0 Å². The molecule has 0 amide bonds. The first-order valence-corrected chi connectivity index (χ1v) is 6.36. The van der Waals surface area contributed by atoms with Crippen molar-refractivity contribution < 1.29 is 0 Å². The van der Waals surface area contributed by atoms with Crippen molar-refractivity contribution in [3.8, 4) is 0 Å². The minimum Gasteiger partial charge on any atom is -0.373 e. The second-order valence-corrected chi connectivity index (χ2v) is 5.27. The lowest BCUT2D eigenvalue weighted by molar-refractivity contribution is 0.355. The van der Waals surface area contributed by atoms with E-state index in [1.807, 2.05) is 7.05 Å². The first kappa shape index (κ1) is 12.1. The van der Waals surface area contributed by atoms with Gasteiger partial charge in [0.2, 0.25) is 0 Å². The molecule has 4 heteroatoms. The number of aromatic nitrogens is 2. The SMILES string of the molecule is CNc1ncnc(N2CC(C)CC(C)C2)c1C. The minimum atomic E-state index is 0.742. The molecule has 1 aliphatic rings. The maximum absolute atomic E-state index is 4.45. The predicted molar refractivity (Wildman–Crippen MR) is 71.5 cm³/mol. The molecule has 0 spiro atoms. The smallest absolute Gasteiger partial charge is 0.137 e. The Morgan fingerprint density at radius 1 is 1.24 bits per heavy atom. The molecule has 1 N–H and O–H groups in total. The molecule has 0 bridgehead atoms. The van der Waals surface area contributed by atoms with Crippen molar-refractivity contribution in [2.75, 3.05) is 30.4 Å². The van der Waals surface area contributed by atoms with Crippen LogP contribution in [0.15, 0.2) is 6.33 Å². The summed E-state index contributed by atoms with van der Waals surface area (Å²) in [5.41, 5.74) is 1.15. The van der Waals surface area contributed by atoms with Crippen LogP contribution in [0.25, 0.3) is 0 Å². The molecule has 1 saturated heterocycles. The Kier molecular flexibility index (Phi) is 3.50. The van der Waals surface area contributed by atoms with Crippen molar-refractivity contribution in [2.24, 2.45) is 11.8 Å². The molecule has 1 aliphatic heterocycles. The molecule has 2 heterocycles. The third-order valence-electron chi connectivity index (χ3n) is 3.46. The van der Waals surface area contributed by atoms with Crippen molar-refractivity contribution in [1.82, 2.24) is 9.97 Å². The van der Waals surface area contributed by atoms with Gasteiger partial charge in [0.25, 0.3) is 0 Å². The highest BCUT2D eigenvalue weighted by Gasteiger charge is 2.24. The maximum atomic E-state index is 4.45. The molecular weight excluding hydrogens is 212 g/mol. The van der Waals surface area contributed by atoms with Crippen LogP contribution in [-0.4, -0.2) is 30.1 Å². The van der Waals surface area contributed by atoms with Crippen LogP contribution in [0.1, 0.15) is 25.8 Å². The summed E-state index contributed by atoms with van der Waals surface area (Å²) in [5.74, 6) is 3.50. The summed E-state index contributed by atoms with van der Waals surface area (Å²) < 4.78 is 0. The van der Waals surface area contributed by atoms with Crippen LogP contribution in [0.5, 0.6) is 0 Å². The van der Waals surface area contributed by atoms with Gasteiger partial charge >= 0.3 is 0 Å². The van der Waals surface area contributed by atoms with Crippen molar-refractivity contribution >= 4 is 11.6 Å². The highest BCUT2D eigenvalue weighted by molar-refractivity contribution is 5.57. The fraction of sp³-hybridized carbons (Fsp3) is 0.692. The lowest BCUT2D eigenvalue weighted by atomic mass is 9.92. The van der Waals surface area contributed by atoms with Crippen molar-refractivity contribution in [1.29, 1.82) is 0 Å². The third-order valence-corrected chi connectivity index (χ3v) is 3.46. The van der Waals surface area contributed by atoms with E-state index in [0.717, 1.165) is 42.1 Å². The lowest BCUT2D eigenvalue weighted by Gasteiger charge is -2.36. The first-order valence-electron chi connectivity index (χ1n) is 6.36. The molecule has 94 valence electrons. The van der Waals surface area contributed by atoms with E-state index in [9.17, 15) is 0 Å². The third kappa shape index (κ3) is 2.51. The molecule has 0 saturated carbocycles. The highest BCUT2D eigenvalue weighted by Crippen LogP contribution is 2.28. The van der Waals surface area contributed by atoms with E-state index >= 15 is 0 Å². The van der Waals surface area contributed by atoms with Crippen molar-refractivity contribution in [3.05, 3.63) is 11.9 Å². The summed E-state index contributed by atoms with van der Waals surface area (Å²) in [4.78, 5) is 11.1. The normalized spacial score (nSPS) is 24.8. The summed E-state index contributed by atoms with van der Waals surface area (Å²) in [5, 5.41) is 3.12. The molecule has 0 aliphatic carbocycles. The Hall–Kier alpha value is -1.32. The van der Waals surface area contributed by atoms with E-state index in [2.05, 4.69) is 41.0 Å². The van der Waals surface area contributed by atoms with Gasteiger partial charge in [0.05, 0.1) is 0 Å². The predicted octanol–water partition coefficient (Wildman–Crippen LogP) is 2.31. The zero-order valence-corrected chi connectivity index (χ0v) is 11.2. The molecule has 2 atom stereocenters. The van der Waals surface area contributed by atoms with E-state index in [0.29, 0.717) is 0 Å². The molecular formula is C13H22N4. The number of piperidine rings is 1. The van der Waals surface area contributed by atoms with Crippen molar-refractivity contribution in [2.45, 2.75) is 27.2 Å². The van der Waals surface area contributed by atoms with Gasteiger partial charge in [0, 0.05) is 25.7 Å². The summed E-state index contributed by atoms with van der Waals surface area (Å²) in [7, 11) is 1.90. The second kappa shape index (κ2) is 4.90. The van der Waals surface area contributed by atoms with Gasteiger partial charge in [-0.1, -0.05) is 13.8 Å². The Bertz CT molecular complexity index is 381. The average Bonchev–Trinajstić information content (AvgIpc) is 2.28. The molecule has 0 aromatic carbocycles. The first-order chi connectivity index (χ1) is 8.11. The summed E-state index contributed by atoms with van der Waals surface area (Å²) in [6.07, 6.45) is 2.97. The number of anilines is 2. The van der Waals surface area contributed by atoms with E-state index < -0.39 is 0 Å². The van der Waals surface area contributed by atoms with Crippen molar-refractivity contribution in [3.63, 3.8) is 0 Å².